The Labute approximate surface area is 105 Å². The van der Waals surface area contributed by atoms with Crippen LogP contribution in [-0.4, -0.2) is 37.7 Å². The third kappa shape index (κ3) is 8.16. The van der Waals surface area contributed by atoms with Gasteiger partial charge in [0.15, 0.2) is 0 Å². The lowest BCUT2D eigenvalue weighted by Gasteiger charge is -2.28. The average Bonchev–Trinajstić information content (AvgIpc) is 2.23. The molecule has 0 aliphatic carbocycles. The van der Waals surface area contributed by atoms with Gasteiger partial charge in [-0.2, -0.15) is 0 Å². The second kappa shape index (κ2) is 8.48. The molecule has 0 radical (unpaired) electrons. The van der Waals surface area contributed by atoms with Crippen LogP contribution in [0.1, 0.15) is 47.0 Å². The van der Waals surface area contributed by atoms with Crippen molar-refractivity contribution < 1.29 is 9.53 Å². The van der Waals surface area contributed by atoms with E-state index >= 15 is 0 Å². The molecule has 2 N–H and O–H groups in total. The van der Waals surface area contributed by atoms with Crippen LogP contribution >= 0.6 is 0 Å². The van der Waals surface area contributed by atoms with E-state index in [1.807, 2.05) is 20.8 Å². The van der Waals surface area contributed by atoms with E-state index < -0.39 is 0 Å². The molecule has 0 saturated carbocycles. The quantitative estimate of drug-likeness (QED) is 0.607. The largest absolute Gasteiger partial charge is 0.383 e. The van der Waals surface area contributed by atoms with E-state index in [4.69, 9.17) is 4.74 Å². The molecule has 0 rings (SSSR count). The maximum absolute atomic E-state index is 11.8. The molecule has 1 unspecified atom stereocenters. The first kappa shape index (κ1) is 16.4. The summed E-state index contributed by atoms with van der Waals surface area (Å²) in [4.78, 5) is 11.8. The number of hydrogen-bond donors (Lipinski definition) is 2. The molecule has 0 heterocycles. The van der Waals surface area contributed by atoms with Crippen molar-refractivity contribution in [3.63, 3.8) is 0 Å². The highest BCUT2D eigenvalue weighted by Gasteiger charge is 2.23. The molecule has 0 aromatic rings. The second-order valence-electron chi connectivity index (χ2n) is 5.18. The normalized spacial score (nSPS) is 13.5. The number of hydrogen-bond acceptors (Lipinski definition) is 3. The SMILES string of the molecule is CCCCCNC(=O)C(C)NC(C)(C)COC. The minimum Gasteiger partial charge on any atom is -0.383 e. The van der Waals surface area contributed by atoms with E-state index in [1.54, 1.807) is 7.11 Å². The Hall–Kier alpha value is -0.610. The maximum Gasteiger partial charge on any atom is 0.236 e. The fourth-order valence-corrected chi connectivity index (χ4v) is 1.79. The smallest absolute Gasteiger partial charge is 0.236 e. The molecule has 17 heavy (non-hydrogen) atoms. The van der Waals surface area contributed by atoms with Crippen LogP contribution in [-0.2, 0) is 9.53 Å². The monoisotopic (exact) mass is 244 g/mol. The van der Waals surface area contributed by atoms with Crippen molar-refractivity contribution in [1.82, 2.24) is 10.6 Å². The molecule has 0 aromatic carbocycles. The van der Waals surface area contributed by atoms with Gasteiger partial charge in [-0.25, -0.2) is 0 Å². The van der Waals surface area contributed by atoms with Gasteiger partial charge in [-0.3, -0.25) is 10.1 Å². The van der Waals surface area contributed by atoms with E-state index in [2.05, 4.69) is 17.6 Å². The van der Waals surface area contributed by atoms with Gasteiger partial charge >= 0.3 is 0 Å². The zero-order valence-corrected chi connectivity index (χ0v) is 11.9. The van der Waals surface area contributed by atoms with Crippen LogP contribution in [0.15, 0.2) is 0 Å². The number of carbonyl (C=O) groups excluding carboxylic acids is 1. The van der Waals surface area contributed by atoms with Gasteiger partial charge in [-0.1, -0.05) is 19.8 Å². The Kier molecular flexibility index (Phi) is 8.17. The molecule has 0 aliphatic heterocycles. The third-order valence-corrected chi connectivity index (χ3v) is 2.59. The molecule has 0 aliphatic rings. The summed E-state index contributed by atoms with van der Waals surface area (Å²) in [5.41, 5.74) is -0.186. The number of rotatable bonds is 9. The third-order valence-electron chi connectivity index (χ3n) is 2.59. The summed E-state index contributed by atoms with van der Waals surface area (Å²) < 4.78 is 5.11. The lowest BCUT2D eigenvalue weighted by atomic mass is 10.1. The highest BCUT2D eigenvalue weighted by Crippen LogP contribution is 2.04. The van der Waals surface area contributed by atoms with Gasteiger partial charge < -0.3 is 10.1 Å². The maximum atomic E-state index is 11.8. The first-order valence-electron chi connectivity index (χ1n) is 6.47. The number of unbranched alkanes of at least 4 members (excludes halogenated alkanes) is 2. The predicted octanol–water partition coefficient (Wildman–Crippen LogP) is 1.70. The molecule has 1 amide bonds. The van der Waals surface area contributed by atoms with E-state index in [0.29, 0.717) is 6.61 Å². The van der Waals surface area contributed by atoms with Gasteiger partial charge in [0.2, 0.25) is 5.91 Å². The molecule has 0 aromatic heterocycles. The van der Waals surface area contributed by atoms with Crippen LogP contribution in [0, 0.1) is 0 Å². The van der Waals surface area contributed by atoms with Crippen molar-refractivity contribution in [3.8, 4) is 0 Å². The van der Waals surface area contributed by atoms with Crippen LogP contribution in [0.25, 0.3) is 0 Å². The fourth-order valence-electron chi connectivity index (χ4n) is 1.79. The number of methoxy groups -OCH3 is 1. The standard InChI is InChI=1S/C13H28N2O2/c1-6-7-8-9-14-12(16)11(2)15-13(3,4)10-17-5/h11,15H,6-10H2,1-5H3,(H,14,16). The zero-order chi connectivity index (χ0) is 13.3. The van der Waals surface area contributed by atoms with E-state index in [0.717, 1.165) is 19.4 Å². The minimum atomic E-state index is -0.193. The van der Waals surface area contributed by atoms with Crippen molar-refractivity contribution in [3.05, 3.63) is 0 Å². The molecule has 4 nitrogen and oxygen atoms in total. The minimum absolute atomic E-state index is 0.0604. The summed E-state index contributed by atoms with van der Waals surface area (Å²) in [7, 11) is 1.67. The average molecular weight is 244 g/mol. The summed E-state index contributed by atoms with van der Waals surface area (Å²) in [5, 5.41) is 6.20. The van der Waals surface area contributed by atoms with Crippen LogP contribution in [0.4, 0.5) is 0 Å². The summed E-state index contributed by atoms with van der Waals surface area (Å²) in [6.45, 7) is 9.43. The lowest BCUT2D eigenvalue weighted by Crippen LogP contribution is -2.53. The van der Waals surface area contributed by atoms with Gasteiger partial charge in [0.05, 0.1) is 12.6 Å². The highest BCUT2D eigenvalue weighted by molar-refractivity contribution is 5.81. The summed E-state index contributed by atoms with van der Waals surface area (Å²) >= 11 is 0. The fraction of sp³-hybridized carbons (Fsp3) is 0.923. The van der Waals surface area contributed by atoms with Gasteiger partial charge in [0, 0.05) is 19.2 Å². The van der Waals surface area contributed by atoms with E-state index in [-0.39, 0.29) is 17.5 Å². The molecule has 0 spiro atoms. The van der Waals surface area contributed by atoms with Gasteiger partial charge in [-0.05, 0) is 27.2 Å². The topological polar surface area (TPSA) is 50.4 Å². The van der Waals surface area contributed by atoms with Crippen LogP contribution in [0.2, 0.25) is 0 Å². The Morgan fingerprint density at radius 1 is 1.35 bits per heavy atom. The molecular weight excluding hydrogens is 216 g/mol. The molecule has 102 valence electrons. The molecule has 4 heteroatoms. The number of nitrogens with one attached hydrogen (secondary N) is 2. The summed E-state index contributed by atoms with van der Waals surface area (Å²) in [6.07, 6.45) is 3.39. The molecule has 0 saturated heterocycles. The van der Waals surface area contributed by atoms with Gasteiger partial charge in [0.1, 0.15) is 0 Å². The predicted molar refractivity (Wildman–Crippen MR) is 71.1 cm³/mol. The number of ether oxygens (including phenoxy) is 1. The van der Waals surface area contributed by atoms with E-state index in [1.165, 1.54) is 6.42 Å². The second-order valence-corrected chi connectivity index (χ2v) is 5.18. The Morgan fingerprint density at radius 3 is 2.53 bits per heavy atom. The summed E-state index contributed by atoms with van der Waals surface area (Å²) in [5.74, 6) is 0.0604. The van der Waals surface area contributed by atoms with Gasteiger partial charge in [-0.15, -0.1) is 0 Å². The molecule has 1 atom stereocenters. The molecular formula is C13H28N2O2. The van der Waals surface area contributed by atoms with Gasteiger partial charge in [0.25, 0.3) is 0 Å². The van der Waals surface area contributed by atoms with E-state index in [9.17, 15) is 4.79 Å². The first-order chi connectivity index (χ1) is 7.93. The van der Waals surface area contributed by atoms with Crippen LogP contribution < -0.4 is 10.6 Å². The van der Waals surface area contributed by atoms with Crippen molar-refractivity contribution in [2.24, 2.45) is 0 Å². The highest BCUT2D eigenvalue weighted by atomic mass is 16.5. The van der Waals surface area contributed by atoms with Crippen LogP contribution in [0.3, 0.4) is 0 Å². The number of carbonyl (C=O) groups is 1. The number of amides is 1. The Morgan fingerprint density at radius 2 is 2.00 bits per heavy atom. The Balaban J connectivity index is 3.88. The van der Waals surface area contributed by atoms with Crippen molar-refractivity contribution in [2.75, 3.05) is 20.3 Å². The lowest BCUT2D eigenvalue weighted by molar-refractivity contribution is -0.123. The van der Waals surface area contributed by atoms with Crippen molar-refractivity contribution >= 4 is 5.91 Å². The van der Waals surface area contributed by atoms with Crippen molar-refractivity contribution in [2.45, 2.75) is 58.5 Å². The van der Waals surface area contributed by atoms with Crippen molar-refractivity contribution in [1.29, 1.82) is 0 Å². The molecule has 0 fully saturated rings. The summed E-state index contributed by atoms with van der Waals surface area (Å²) in [6, 6.07) is -0.193. The first-order valence-corrected chi connectivity index (χ1v) is 6.47. The van der Waals surface area contributed by atoms with Crippen LogP contribution in [0.5, 0.6) is 0 Å². The Bertz CT molecular complexity index is 217. The zero-order valence-electron chi connectivity index (χ0n) is 11.9. The molecule has 0 bridgehead atoms.